The zero-order chi connectivity index (χ0) is 18.2. The summed E-state index contributed by atoms with van der Waals surface area (Å²) in [5.74, 6) is 0.300. The van der Waals surface area contributed by atoms with Gasteiger partial charge in [-0.2, -0.15) is 0 Å². The van der Waals surface area contributed by atoms with Gasteiger partial charge in [0.05, 0.1) is 12.1 Å². The lowest BCUT2D eigenvalue weighted by atomic mass is 10.1. The molecular formula is C21H19FN2O2. The van der Waals surface area contributed by atoms with Crippen LogP contribution >= 0.6 is 0 Å². The van der Waals surface area contributed by atoms with Crippen molar-refractivity contribution in [3.63, 3.8) is 0 Å². The maximum atomic E-state index is 12.9. The van der Waals surface area contributed by atoms with Crippen LogP contribution in [0.3, 0.4) is 0 Å². The minimum absolute atomic E-state index is 0.114. The first-order valence-corrected chi connectivity index (χ1v) is 8.32. The maximum Gasteiger partial charge on any atom is 0.224 e. The lowest BCUT2D eigenvalue weighted by Gasteiger charge is -2.09. The summed E-state index contributed by atoms with van der Waals surface area (Å²) in [5.41, 5.74) is 2.57. The van der Waals surface area contributed by atoms with E-state index < -0.39 is 0 Å². The van der Waals surface area contributed by atoms with E-state index in [1.807, 2.05) is 42.5 Å². The standard InChI is InChI=1S/C21H19FN2O2/c22-18-9-7-16(8-10-18)13-21(25)24-14-17-4-3-6-20(12-17)26-15-19-5-1-2-11-23-19/h1-12H,13-15H2,(H,24,25). The fraction of sp³-hybridized carbons (Fsp3) is 0.143. The van der Waals surface area contributed by atoms with Crippen molar-refractivity contribution in [2.45, 2.75) is 19.6 Å². The van der Waals surface area contributed by atoms with Crippen LogP contribution in [0.2, 0.25) is 0 Å². The van der Waals surface area contributed by atoms with Gasteiger partial charge in [0.1, 0.15) is 18.2 Å². The number of pyridine rings is 1. The summed E-state index contributed by atoms with van der Waals surface area (Å²) in [6, 6.07) is 19.2. The minimum Gasteiger partial charge on any atom is -0.487 e. The first kappa shape index (κ1) is 17.6. The molecule has 0 radical (unpaired) electrons. The van der Waals surface area contributed by atoms with Gasteiger partial charge in [0.2, 0.25) is 5.91 Å². The van der Waals surface area contributed by atoms with Crippen LogP contribution in [-0.2, 0) is 24.4 Å². The smallest absolute Gasteiger partial charge is 0.224 e. The number of nitrogens with one attached hydrogen (secondary N) is 1. The Morgan fingerprint density at radius 3 is 2.62 bits per heavy atom. The van der Waals surface area contributed by atoms with E-state index in [1.54, 1.807) is 18.3 Å². The topological polar surface area (TPSA) is 51.2 Å². The van der Waals surface area contributed by atoms with Crippen molar-refractivity contribution in [3.05, 3.63) is 95.6 Å². The van der Waals surface area contributed by atoms with Gasteiger partial charge in [-0.25, -0.2) is 4.39 Å². The van der Waals surface area contributed by atoms with E-state index in [1.165, 1.54) is 12.1 Å². The maximum absolute atomic E-state index is 12.9. The molecule has 3 aromatic rings. The van der Waals surface area contributed by atoms with Crippen molar-refractivity contribution in [3.8, 4) is 5.75 Å². The summed E-state index contributed by atoms with van der Waals surface area (Å²) in [4.78, 5) is 16.2. The van der Waals surface area contributed by atoms with Crippen LogP contribution < -0.4 is 10.1 Å². The molecule has 0 spiro atoms. The van der Waals surface area contributed by atoms with E-state index in [0.29, 0.717) is 13.2 Å². The lowest BCUT2D eigenvalue weighted by Crippen LogP contribution is -2.24. The molecule has 1 N–H and O–H groups in total. The van der Waals surface area contributed by atoms with Gasteiger partial charge in [0.25, 0.3) is 0 Å². The molecule has 0 unspecified atom stereocenters. The van der Waals surface area contributed by atoms with Gasteiger partial charge < -0.3 is 10.1 Å². The molecule has 3 rings (SSSR count). The Kier molecular flexibility index (Phi) is 5.93. The highest BCUT2D eigenvalue weighted by molar-refractivity contribution is 5.78. The third-order valence-corrected chi connectivity index (χ3v) is 3.78. The molecule has 0 saturated carbocycles. The van der Waals surface area contributed by atoms with E-state index in [4.69, 9.17) is 4.74 Å². The van der Waals surface area contributed by atoms with Gasteiger partial charge in [-0.05, 0) is 47.5 Å². The second-order valence-electron chi connectivity index (χ2n) is 5.84. The number of benzene rings is 2. The number of ether oxygens (including phenoxy) is 1. The van der Waals surface area contributed by atoms with E-state index in [9.17, 15) is 9.18 Å². The molecule has 0 aliphatic rings. The van der Waals surface area contributed by atoms with Crippen molar-refractivity contribution >= 4 is 5.91 Å². The fourth-order valence-corrected chi connectivity index (χ4v) is 2.44. The predicted octanol–water partition coefficient (Wildman–Crippen LogP) is 3.66. The quantitative estimate of drug-likeness (QED) is 0.707. The Labute approximate surface area is 151 Å². The van der Waals surface area contributed by atoms with Crippen LogP contribution in [0.25, 0.3) is 0 Å². The van der Waals surface area contributed by atoms with Crippen molar-refractivity contribution < 1.29 is 13.9 Å². The molecular weight excluding hydrogens is 331 g/mol. The molecule has 0 atom stereocenters. The number of rotatable bonds is 7. The van der Waals surface area contributed by atoms with Crippen molar-refractivity contribution in [2.75, 3.05) is 0 Å². The van der Waals surface area contributed by atoms with Gasteiger partial charge in [-0.15, -0.1) is 0 Å². The molecule has 1 amide bonds. The Hall–Kier alpha value is -3.21. The summed E-state index contributed by atoms with van der Waals surface area (Å²) in [6.07, 6.45) is 1.95. The summed E-state index contributed by atoms with van der Waals surface area (Å²) in [7, 11) is 0. The first-order valence-electron chi connectivity index (χ1n) is 8.32. The summed E-state index contributed by atoms with van der Waals surface area (Å²) in [5, 5.41) is 2.86. The monoisotopic (exact) mass is 350 g/mol. The third kappa shape index (κ3) is 5.41. The first-order chi connectivity index (χ1) is 12.7. The molecule has 4 nitrogen and oxygen atoms in total. The number of carbonyl (C=O) groups is 1. The van der Waals surface area contributed by atoms with E-state index >= 15 is 0 Å². The SMILES string of the molecule is O=C(Cc1ccc(F)cc1)NCc1cccc(OCc2ccccn2)c1. The van der Waals surface area contributed by atoms with E-state index in [-0.39, 0.29) is 18.1 Å². The molecule has 26 heavy (non-hydrogen) atoms. The largest absolute Gasteiger partial charge is 0.487 e. The molecule has 0 aliphatic heterocycles. The number of aromatic nitrogens is 1. The average Bonchev–Trinajstić information content (AvgIpc) is 2.68. The fourth-order valence-electron chi connectivity index (χ4n) is 2.44. The van der Waals surface area contributed by atoms with Crippen LogP contribution in [-0.4, -0.2) is 10.9 Å². The predicted molar refractivity (Wildman–Crippen MR) is 97.0 cm³/mol. The van der Waals surface area contributed by atoms with Gasteiger partial charge in [-0.3, -0.25) is 9.78 Å². The molecule has 1 aromatic heterocycles. The van der Waals surface area contributed by atoms with Crippen LogP contribution in [0.4, 0.5) is 4.39 Å². The van der Waals surface area contributed by atoms with Crippen LogP contribution in [0.5, 0.6) is 5.75 Å². The Balaban J connectivity index is 1.50. The van der Waals surface area contributed by atoms with Crippen LogP contribution in [0.15, 0.2) is 72.9 Å². The molecule has 5 heteroatoms. The Bertz CT molecular complexity index is 851. The van der Waals surface area contributed by atoms with Gasteiger partial charge in [0, 0.05) is 12.7 Å². The van der Waals surface area contributed by atoms with Crippen molar-refractivity contribution in [2.24, 2.45) is 0 Å². The third-order valence-electron chi connectivity index (χ3n) is 3.78. The molecule has 132 valence electrons. The van der Waals surface area contributed by atoms with Gasteiger partial charge in [0.15, 0.2) is 0 Å². The molecule has 0 bridgehead atoms. The van der Waals surface area contributed by atoms with Gasteiger partial charge in [-0.1, -0.05) is 30.3 Å². The number of nitrogens with zero attached hydrogens (tertiary/aromatic N) is 1. The van der Waals surface area contributed by atoms with E-state index in [0.717, 1.165) is 22.6 Å². The molecule has 0 saturated heterocycles. The van der Waals surface area contributed by atoms with Crippen LogP contribution in [0.1, 0.15) is 16.8 Å². The Morgan fingerprint density at radius 1 is 1.00 bits per heavy atom. The average molecular weight is 350 g/mol. The highest BCUT2D eigenvalue weighted by Gasteiger charge is 2.05. The minimum atomic E-state index is -0.309. The zero-order valence-electron chi connectivity index (χ0n) is 14.2. The summed E-state index contributed by atoms with van der Waals surface area (Å²) in [6.45, 7) is 0.794. The summed E-state index contributed by atoms with van der Waals surface area (Å²) < 4.78 is 18.6. The summed E-state index contributed by atoms with van der Waals surface area (Å²) >= 11 is 0. The highest BCUT2D eigenvalue weighted by atomic mass is 19.1. The molecule has 0 fully saturated rings. The van der Waals surface area contributed by atoms with Crippen molar-refractivity contribution in [1.29, 1.82) is 0 Å². The zero-order valence-corrected chi connectivity index (χ0v) is 14.2. The second-order valence-corrected chi connectivity index (χ2v) is 5.84. The number of hydrogen-bond acceptors (Lipinski definition) is 3. The van der Waals surface area contributed by atoms with Crippen molar-refractivity contribution in [1.82, 2.24) is 10.3 Å². The normalized spacial score (nSPS) is 10.3. The number of halogens is 1. The van der Waals surface area contributed by atoms with Crippen LogP contribution in [0, 0.1) is 5.82 Å². The van der Waals surface area contributed by atoms with E-state index in [2.05, 4.69) is 10.3 Å². The second kappa shape index (κ2) is 8.76. The number of carbonyl (C=O) groups excluding carboxylic acids is 1. The Morgan fingerprint density at radius 2 is 1.85 bits per heavy atom. The lowest BCUT2D eigenvalue weighted by molar-refractivity contribution is -0.120. The van der Waals surface area contributed by atoms with Gasteiger partial charge >= 0.3 is 0 Å². The molecule has 0 aliphatic carbocycles. The molecule has 2 aromatic carbocycles. The number of amides is 1. The molecule has 1 heterocycles. The highest BCUT2D eigenvalue weighted by Crippen LogP contribution is 2.15. The number of hydrogen-bond donors (Lipinski definition) is 1.